The summed E-state index contributed by atoms with van der Waals surface area (Å²) >= 11 is 14.0. The summed E-state index contributed by atoms with van der Waals surface area (Å²) in [4.78, 5) is 19.9. The Bertz CT molecular complexity index is 1150. The molecule has 4 N–H and O–H groups in total. The lowest BCUT2D eigenvalue weighted by atomic mass is 9.90. The summed E-state index contributed by atoms with van der Waals surface area (Å²) in [7, 11) is 0.334. The van der Waals surface area contributed by atoms with Crippen molar-refractivity contribution in [3.8, 4) is 0 Å². The molecular formula is C23H33Cl2N5O3S2. The number of carbonyl (C=O) groups excluding carboxylic acids is 1. The fourth-order valence-corrected chi connectivity index (χ4v) is 7.80. The zero-order valence-electron chi connectivity index (χ0n) is 20.5. The number of ketones is 1. The van der Waals surface area contributed by atoms with Crippen molar-refractivity contribution in [2.75, 3.05) is 30.9 Å². The van der Waals surface area contributed by atoms with Gasteiger partial charge in [0.15, 0.2) is 5.13 Å². The minimum Gasteiger partial charge on any atom is -0.382 e. The number of nitrogens with one attached hydrogen (secondary N) is 2. The third-order valence-corrected chi connectivity index (χ3v) is 9.03. The lowest BCUT2D eigenvalue weighted by Gasteiger charge is -2.38. The molecule has 12 heteroatoms. The number of hydrogen-bond acceptors (Lipinski definition) is 8. The number of hydrogen-bond donors (Lipinski definition) is 3. The topological polar surface area (TPSA) is 117 Å². The third kappa shape index (κ3) is 7.30. The molecule has 0 atom stereocenters. The van der Waals surface area contributed by atoms with E-state index in [-0.39, 0.29) is 38.0 Å². The summed E-state index contributed by atoms with van der Waals surface area (Å²) in [6.45, 7) is 4.35. The molecule has 0 aliphatic heterocycles. The van der Waals surface area contributed by atoms with Crippen LogP contribution in [0.2, 0.25) is 10.0 Å². The molecular weight excluding hydrogens is 529 g/mol. The summed E-state index contributed by atoms with van der Waals surface area (Å²) in [5, 5.41) is 4.12. The maximum atomic E-state index is 13.3. The van der Waals surface area contributed by atoms with Gasteiger partial charge in [0.25, 0.3) is 0 Å². The molecule has 8 nitrogen and oxygen atoms in total. The average molecular weight is 563 g/mol. The van der Waals surface area contributed by atoms with Crippen LogP contribution >= 0.6 is 34.5 Å². The Balaban J connectivity index is 1.89. The predicted octanol–water partition coefficient (Wildman–Crippen LogP) is 4.97. The molecule has 0 unspecified atom stereocenters. The van der Waals surface area contributed by atoms with Crippen molar-refractivity contribution in [2.45, 2.75) is 58.2 Å². The number of halogens is 2. The van der Waals surface area contributed by atoms with E-state index in [4.69, 9.17) is 28.9 Å². The van der Waals surface area contributed by atoms with E-state index in [9.17, 15) is 13.2 Å². The van der Waals surface area contributed by atoms with Crippen LogP contribution in [-0.4, -0.2) is 49.6 Å². The molecule has 1 aromatic carbocycles. The molecule has 1 heterocycles. The maximum Gasteiger partial charge on any atom is 0.213 e. The van der Waals surface area contributed by atoms with Crippen molar-refractivity contribution in [1.29, 1.82) is 0 Å². The molecule has 194 valence electrons. The highest BCUT2D eigenvalue weighted by atomic mass is 35.5. The minimum absolute atomic E-state index is 0.00789. The Hall–Kier alpha value is -1.43. The van der Waals surface area contributed by atoms with Gasteiger partial charge in [-0.1, -0.05) is 54.8 Å². The van der Waals surface area contributed by atoms with E-state index in [0.29, 0.717) is 24.5 Å². The molecule has 3 rings (SSSR count). The first-order chi connectivity index (χ1) is 16.3. The number of anilines is 2. The van der Waals surface area contributed by atoms with Crippen molar-refractivity contribution < 1.29 is 13.2 Å². The molecule has 35 heavy (non-hydrogen) atoms. The first kappa shape index (κ1) is 28.1. The number of aromatic nitrogens is 1. The van der Waals surface area contributed by atoms with E-state index in [1.807, 2.05) is 32.8 Å². The first-order valence-electron chi connectivity index (χ1n) is 11.5. The average Bonchev–Trinajstić information content (AvgIpc) is 3.05. The molecule has 1 fully saturated rings. The summed E-state index contributed by atoms with van der Waals surface area (Å²) in [6.07, 6.45) is 3.98. The first-order valence-corrected chi connectivity index (χ1v) is 14.8. The van der Waals surface area contributed by atoms with E-state index in [1.54, 1.807) is 12.1 Å². The van der Waals surface area contributed by atoms with Gasteiger partial charge in [-0.2, -0.15) is 4.72 Å². The summed E-state index contributed by atoms with van der Waals surface area (Å²) in [6, 6.07) is 3.44. The standard InChI is InChI=1S/C23H33Cl2N5O3S2/c1-14(2)13-35(32,33)29-23(8-6-5-7-9-23)28-22-27-21(26)20(34-22)19(31)18-16(24)10-15(11-17(18)25)12-30(3)4/h10-11,14,29H,5-9,12-13,26H2,1-4H3,(H,27,28). The number of sulfonamides is 1. The number of carbonyl (C=O) groups is 1. The van der Waals surface area contributed by atoms with Crippen LogP contribution in [0.4, 0.5) is 10.9 Å². The van der Waals surface area contributed by atoms with E-state index in [0.717, 1.165) is 36.2 Å². The highest BCUT2D eigenvalue weighted by molar-refractivity contribution is 7.89. The lowest BCUT2D eigenvalue weighted by Crippen LogP contribution is -2.56. The molecule has 1 aliphatic rings. The summed E-state index contributed by atoms with van der Waals surface area (Å²) in [5.74, 6) is -0.354. The van der Waals surface area contributed by atoms with Crippen molar-refractivity contribution in [3.05, 3.63) is 38.2 Å². The minimum atomic E-state index is -3.52. The number of nitrogen functional groups attached to an aromatic ring is 1. The maximum absolute atomic E-state index is 13.3. The molecule has 0 spiro atoms. The van der Waals surface area contributed by atoms with E-state index in [2.05, 4.69) is 15.0 Å². The lowest BCUT2D eigenvalue weighted by molar-refractivity contribution is 0.104. The van der Waals surface area contributed by atoms with Gasteiger partial charge in [0.2, 0.25) is 15.8 Å². The fourth-order valence-electron chi connectivity index (χ4n) is 4.35. The van der Waals surface area contributed by atoms with Gasteiger partial charge < -0.3 is 16.0 Å². The van der Waals surface area contributed by atoms with Gasteiger partial charge in [0, 0.05) is 6.54 Å². The largest absolute Gasteiger partial charge is 0.382 e. The van der Waals surface area contributed by atoms with Crippen LogP contribution < -0.4 is 15.8 Å². The van der Waals surface area contributed by atoms with Crippen LogP contribution in [0, 0.1) is 5.92 Å². The number of nitrogens with zero attached hydrogens (tertiary/aromatic N) is 2. The molecule has 1 aromatic heterocycles. The second-order valence-electron chi connectivity index (χ2n) is 9.78. The van der Waals surface area contributed by atoms with Crippen LogP contribution in [-0.2, 0) is 16.6 Å². The second-order valence-corrected chi connectivity index (χ2v) is 13.4. The van der Waals surface area contributed by atoms with Crippen LogP contribution in [0.15, 0.2) is 12.1 Å². The highest BCUT2D eigenvalue weighted by Crippen LogP contribution is 2.37. The molecule has 2 aromatic rings. The smallest absolute Gasteiger partial charge is 0.213 e. The van der Waals surface area contributed by atoms with Crippen LogP contribution in [0.1, 0.15) is 66.8 Å². The molecule has 0 bridgehead atoms. The van der Waals surface area contributed by atoms with Gasteiger partial charge >= 0.3 is 0 Å². The number of benzene rings is 1. The Labute approximate surface area is 221 Å². The Kier molecular flexibility index (Phi) is 9.10. The van der Waals surface area contributed by atoms with Crippen molar-refractivity contribution >= 4 is 61.3 Å². The van der Waals surface area contributed by atoms with Gasteiger partial charge in [-0.25, -0.2) is 13.4 Å². The SMILES string of the molecule is CC(C)CS(=O)(=O)NC1(Nc2nc(N)c(C(=O)c3c(Cl)cc(CN(C)C)cc3Cl)s2)CCCCC1. The van der Waals surface area contributed by atoms with Gasteiger partial charge in [0.1, 0.15) is 16.4 Å². The molecule has 1 saturated carbocycles. The van der Waals surface area contributed by atoms with Crippen LogP contribution in [0.25, 0.3) is 0 Å². The van der Waals surface area contributed by atoms with Crippen molar-refractivity contribution in [2.24, 2.45) is 5.92 Å². The number of thiazole rings is 1. The van der Waals surface area contributed by atoms with E-state index < -0.39 is 21.5 Å². The van der Waals surface area contributed by atoms with Gasteiger partial charge in [-0.05, 0) is 63.4 Å². The van der Waals surface area contributed by atoms with Crippen molar-refractivity contribution in [1.82, 2.24) is 14.6 Å². The zero-order chi connectivity index (χ0) is 26.0. The van der Waals surface area contributed by atoms with E-state index in [1.165, 1.54) is 0 Å². The summed E-state index contributed by atoms with van der Waals surface area (Å²) < 4.78 is 28.4. The fraction of sp³-hybridized carbons (Fsp3) is 0.565. The van der Waals surface area contributed by atoms with Gasteiger partial charge in [0.05, 0.1) is 21.4 Å². The van der Waals surface area contributed by atoms with Gasteiger partial charge in [-0.15, -0.1) is 0 Å². The third-order valence-electron chi connectivity index (χ3n) is 5.64. The molecule has 1 aliphatic carbocycles. The molecule has 0 amide bonds. The molecule has 0 radical (unpaired) electrons. The van der Waals surface area contributed by atoms with Gasteiger partial charge in [-0.3, -0.25) is 4.79 Å². The highest BCUT2D eigenvalue weighted by Gasteiger charge is 2.37. The second kappa shape index (κ2) is 11.3. The number of rotatable bonds is 10. The molecule has 0 saturated heterocycles. The van der Waals surface area contributed by atoms with Crippen LogP contribution in [0.3, 0.4) is 0 Å². The Morgan fingerprint density at radius 1 is 1.20 bits per heavy atom. The summed E-state index contributed by atoms with van der Waals surface area (Å²) in [5.41, 5.74) is 6.30. The predicted molar refractivity (Wildman–Crippen MR) is 145 cm³/mol. The normalized spacial score (nSPS) is 16.1. The van der Waals surface area contributed by atoms with Crippen molar-refractivity contribution in [3.63, 3.8) is 0 Å². The zero-order valence-corrected chi connectivity index (χ0v) is 23.6. The monoisotopic (exact) mass is 561 g/mol. The van der Waals surface area contributed by atoms with E-state index >= 15 is 0 Å². The Morgan fingerprint density at radius 3 is 2.34 bits per heavy atom. The van der Waals surface area contributed by atoms with Crippen LogP contribution in [0.5, 0.6) is 0 Å². The quantitative estimate of drug-likeness (QED) is 0.276. The Morgan fingerprint density at radius 2 is 1.80 bits per heavy atom. The number of nitrogens with two attached hydrogens (primary N) is 1.